The average Bonchev–Trinajstić information content (AvgIpc) is 3.01. The normalized spacial score (nSPS) is 12.7. The highest BCUT2D eigenvalue weighted by Gasteiger charge is 2.11. The molecular formula is C17H18N2O. The molecule has 3 heteroatoms. The third-order valence-corrected chi connectivity index (χ3v) is 3.62. The number of fused-ring (bicyclic) bond motifs is 1. The Hall–Kier alpha value is -2.13. The predicted molar refractivity (Wildman–Crippen MR) is 80.6 cm³/mol. The van der Waals surface area contributed by atoms with E-state index < -0.39 is 0 Å². The fourth-order valence-electron chi connectivity index (χ4n) is 2.50. The smallest absolute Gasteiger partial charge is 0.103 e. The van der Waals surface area contributed by atoms with Gasteiger partial charge in [-0.1, -0.05) is 18.2 Å². The lowest BCUT2D eigenvalue weighted by Crippen LogP contribution is -2.17. The van der Waals surface area contributed by atoms with Crippen molar-refractivity contribution in [1.29, 1.82) is 0 Å². The van der Waals surface area contributed by atoms with Crippen LogP contribution in [0.5, 0.6) is 0 Å². The van der Waals surface area contributed by atoms with E-state index in [0.717, 1.165) is 24.1 Å². The number of furan rings is 1. The molecule has 1 unspecified atom stereocenters. The van der Waals surface area contributed by atoms with E-state index in [1.165, 1.54) is 10.9 Å². The number of benzene rings is 1. The van der Waals surface area contributed by atoms with Crippen molar-refractivity contribution in [3.8, 4) is 0 Å². The molecule has 0 bridgehead atoms. The Morgan fingerprint density at radius 2 is 2.10 bits per heavy atom. The Labute approximate surface area is 118 Å². The fraction of sp³-hybridized carbons (Fsp3) is 0.235. The first kappa shape index (κ1) is 12.9. The summed E-state index contributed by atoms with van der Waals surface area (Å²) in [6.45, 7) is 0. The number of rotatable bonds is 5. The maximum Gasteiger partial charge on any atom is 0.103 e. The molecule has 1 aromatic carbocycles. The Balaban J connectivity index is 1.79. The number of nitrogens with zero attached hydrogens (tertiary/aromatic N) is 1. The van der Waals surface area contributed by atoms with Crippen LogP contribution in [0.2, 0.25) is 0 Å². The third-order valence-electron chi connectivity index (χ3n) is 3.62. The number of nitrogens with one attached hydrogen (secondary N) is 1. The Morgan fingerprint density at radius 1 is 1.20 bits per heavy atom. The number of para-hydroxylation sites is 1. The summed E-state index contributed by atoms with van der Waals surface area (Å²) < 4.78 is 5.39. The summed E-state index contributed by atoms with van der Waals surface area (Å²) in [6.07, 6.45) is 5.60. The van der Waals surface area contributed by atoms with Gasteiger partial charge >= 0.3 is 0 Å². The molecule has 20 heavy (non-hydrogen) atoms. The van der Waals surface area contributed by atoms with Gasteiger partial charge in [0.05, 0.1) is 11.8 Å². The molecule has 2 aromatic heterocycles. The number of aromatic nitrogens is 1. The van der Waals surface area contributed by atoms with E-state index in [1.54, 1.807) is 6.26 Å². The van der Waals surface area contributed by atoms with Crippen molar-refractivity contribution < 1.29 is 4.42 Å². The van der Waals surface area contributed by atoms with Gasteiger partial charge in [-0.2, -0.15) is 0 Å². The van der Waals surface area contributed by atoms with Gasteiger partial charge in [0.2, 0.25) is 0 Å². The molecule has 0 saturated carbocycles. The topological polar surface area (TPSA) is 38.1 Å². The minimum absolute atomic E-state index is 0.289. The van der Waals surface area contributed by atoms with Gasteiger partial charge in [0, 0.05) is 24.0 Å². The lowest BCUT2D eigenvalue weighted by Gasteiger charge is -2.16. The number of pyridine rings is 1. The van der Waals surface area contributed by atoms with Crippen molar-refractivity contribution in [3.63, 3.8) is 0 Å². The minimum atomic E-state index is 0.289. The average molecular weight is 266 g/mol. The lowest BCUT2D eigenvalue weighted by molar-refractivity contribution is 0.469. The first-order valence-corrected chi connectivity index (χ1v) is 6.91. The van der Waals surface area contributed by atoms with E-state index in [1.807, 2.05) is 43.6 Å². The summed E-state index contributed by atoms with van der Waals surface area (Å²) >= 11 is 0. The molecule has 0 aliphatic rings. The highest BCUT2D eigenvalue weighted by molar-refractivity contribution is 5.78. The first-order chi connectivity index (χ1) is 9.86. The second kappa shape index (κ2) is 5.88. The zero-order chi connectivity index (χ0) is 13.8. The maximum atomic E-state index is 5.39. The van der Waals surface area contributed by atoms with E-state index in [2.05, 4.69) is 22.4 Å². The van der Waals surface area contributed by atoms with Gasteiger partial charge < -0.3 is 9.73 Å². The van der Waals surface area contributed by atoms with Gasteiger partial charge in [0.1, 0.15) is 5.76 Å². The largest absolute Gasteiger partial charge is 0.469 e. The van der Waals surface area contributed by atoms with Gasteiger partial charge in [-0.05, 0) is 43.3 Å². The van der Waals surface area contributed by atoms with Gasteiger partial charge in [-0.15, -0.1) is 0 Å². The van der Waals surface area contributed by atoms with Crippen molar-refractivity contribution in [2.75, 3.05) is 7.05 Å². The van der Waals surface area contributed by atoms with Crippen molar-refractivity contribution in [1.82, 2.24) is 10.3 Å². The summed E-state index contributed by atoms with van der Waals surface area (Å²) in [5.41, 5.74) is 2.26. The van der Waals surface area contributed by atoms with E-state index in [0.29, 0.717) is 0 Å². The van der Waals surface area contributed by atoms with E-state index >= 15 is 0 Å². The third kappa shape index (κ3) is 2.73. The monoisotopic (exact) mass is 266 g/mol. The second-order valence-corrected chi connectivity index (χ2v) is 4.92. The molecule has 0 spiro atoms. The molecule has 1 N–H and O–H groups in total. The molecule has 0 radical (unpaired) electrons. The van der Waals surface area contributed by atoms with Crippen LogP contribution in [0.3, 0.4) is 0 Å². The first-order valence-electron chi connectivity index (χ1n) is 6.91. The standard InChI is InChI=1S/C17H18N2O/c1-18-16(9-8-15-6-4-10-20-15)14-11-13-5-2-3-7-17(13)19-12-14/h2-7,10-12,16,18H,8-9H2,1H3. The maximum absolute atomic E-state index is 5.39. The molecule has 0 aliphatic carbocycles. The van der Waals surface area contributed by atoms with Gasteiger partial charge in [-0.3, -0.25) is 4.98 Å². The van der Waals surface area contributed by atoms with Crippen LogP contribution in [-0.2, 0) is 6.42 Å². The molecule has 3 rings (SSSR count). The molecule has 0 fully saturated rings. The Morgan fingerprint density at radius 3 is 2.90 bits per heavy atom. The van der Waals surface area contributed by atoms with Crippen LogP contribution in [0.4, 0.5) is 0 Å². The number of aryl methyl sites for hydroxylation is 1. The minimum Gasteiger partial charge on any atom is -0.469 e. The fourth-order valence-corrected chi connectivity index (χ4v) is 2.50. The summed E-state index contributed by atoms with van der Waals surface area (Å²) in [7, 11) is 1.99. The molecule has 1 atom stereocenters. The molecular weight excluding hydrogens is 248 g/mol. The number of hydrogen-bond acceptors (Lipinski definition) is 3. The van der Waals surface area contributed by atoms with Crippen LogP contribution in [0.1, 0.15) is 23.8 Å². The molecule has 0 saturated heterocycles. The second-order valence-electron chi connectivity index (χ2n) is 4.92. The van der Waals surface area contributed by atoms with E-state index in [4.69, 9.17) is 4.42 Å². The van der Waals surface area contributed by atoms with Crippen LogP contribution in [0, 0.1) is 0 Å². The molecule has 0 amide bonds. The molecule has 3 nitrogen and oxygen atoms in total. The van der Waals surface area contributed by atoms with Gasteiger partial charge in [-0.25, -0.2) is 0 Å². The SMILES string of the molecule is CNC(CCc1ccco1)c1cnc2ccccc2c1. The highest BCUT2D eigenvalue weighted by atomic mass is 16.3. The summed E-state index contributed by atoms with van der Waals surface area (Å²) in [5.74, 6) is 1.03. The van der Waals surface area contributed by atoms with Crippen LogP contribution < -0.4 is 5.32 Å². The van der Waals surface area contributed by atoms with Gasteiger partial charge in [0.15, 0.2) is 0 Å². The van der Waals surface area contributed by atoms with Crippen LogP contribution in [0.15, 0.2) is 59.3 Å². The number of hydrogen-bond donors (Lipinski definition) is 1. The zero-order valence-corrected chi connectivity index (χ0v) is 11.5. The summed E-state index contributed by atoms with van der Waals surface area (Å²) in [6, 6.07) is 14.7. The zero-order valence-electron chi connectivity index (χ0n) is 11.5. The van der Waals surface area contributed by atoms with Crippen molar-refractivity contribution in [2.45, 2.75) is 18.9 Å². The van der Waals surface area contributed by atoms with Crippen molar-refractivity contribution in [3.05, 3.63) is 66.2 Å². The molecule has 102 valence electrons. The Bertz CT molecular complexity index is 676. The molecule has 3 aromatic rings. The summed E-state index contributed by atoms with van der Waals surface area (Å²) in [5, 5.41) is 4.55. The van der Waals surface area contributed by atoms with E-state index in [-0.39, 0.29) is 6.04 Å². The van der Waals surface area contributed by atoms with Crippen molar-refractivity contribution in [2.24, 2.45) is 0 Å². The van der Waals surface area contributed by atoms with E-state index in [9.17, 15) is 0 Å². The highest BCUT2D eigenvalue weighted by Crippen LogP contribution is 2.22. The molecule has 0 aliphatic heterocycles. The van der Waals surface area contributed by atoms with Crippen LogP contribution >= 0.6 is 0 Å². The van der Waals surface area contributed by atoms with Gasteiger partial charge in [0.25, 0.3) is 0 Å². The molecule has 2 heterocycles. The summed E-state index contributed by atoms with van der Waals surface area (Å²) in [4.78, 5) is 4.53. The van der Waals surface area contributed by atoms with Crippen LogP contribution in [0.25, 0.3) is 10.9 Å². The van der Waals surface area contributed by atoms with Crippen molar-refractivity contribution >= 4 is 10.9 Å². The van der Waals surface area contributed by atoms with Crippen LogP contribution in [-0.4, -0.2) is 12.0 Å². The lowest BCUT2D eigenvalue weighted by atomic mass is 10.0. The predicted octanol–water partition coefficient (Wildman–Crippen LogP) is 3.72. The Kier molecular flexibility index (Phi) is 3.79. The quantitative estimate of drug-likeness (QED) is 0.764.